The molecule has 3 heteroatoms. The van der Waals surface area contributed by atoms with E-state index in [1.165, 1.54) is 0 Å². The molecule has 0 fully saturated rings. The van der Waals surface area contributed by atoms with Gasteiger partial charge in [0.1, 0.15) is 0 Å². The van der Waals surface area contributed by atoms with E-state index >= 15 is 0 Å². The molecule has 0 spiro atoms. The molecule has 0 N–H and O–H groups in total. The fourth-order valence-corrected chi connectivity index (χ4v) is 2.84. The molecule has 1 radical (unpaired) electrons. The zero-order valence-electron chi connectivity index (χ0n) is 14.1. The van der Waals surface area contributed by atoms with Gasteiger partial charge < -0.3 is 9.88 Å². The maximum Gasteiger partial charge on any atom is 0.0371 e. The minimum Gasteiger partial charge on any atom is -0.352 e. The normalized spacial score (nSPS) is 10.0. The van der Waals surface area contributed by atoms with Gasteiger partial charge in [0.05, 0.1) is 0 Å². The molecule has 1 aromatic heterocycles. The molecule has 0 saturated carbocycles. The van der Waals surface area contributed by atoms with Crippen LogP contribution in [0.15, 0.2) is 103 Å². The van der Waals surface area contributed by atoms with Crippen LogP contribution in [0.25, 0.3) is 11.3 Å². The largest absolute Gasteiger partial charge is 0.352 e. The fraction of sp³-hybridized carbons (Fsp3) is 0. The number of aromatic nitrogens is 1. The Hall–Kier alpha value is -2.73. The van der Waals surface area contributed by atoms with Crippen molar-refractivity contribution in [2.45, 2.75) is 0 Å². The molecule has 0 unspecified atom stereocenters. The van der Waals surface area contributed by atoms with Gasteiger partial charge in [0.25, 0.3) is 0 Å². The van der Waals surface area contributed by atoms with Crippen molar-refractivity contribution in [3.63, 3.8) is 0 Å². The second-order valence-electron chi connectivity index (χ2n) is 5.68. The second kappa shape index (κ2) is 8.58. The Morgan fingerprint density at radius 2 is 1.23 bits per heavy atom. The van der Waals surface area contributed by atoms with Crippen molar-refractivity contribution >= 4 is 17.1 Å². The molecule has 127 valence electrons. The maximum atomic E-state index is 4.39. The summed E-state index contributed by atoms with van der Waals surface area (Å²) in [5, 5.41) is 0. The smallest absolute Gasteiger partial charge is 0.0371 e. The fourth-order valence-electron chi connectivity index (χ4n) is 2.84. The Morgan fingerprint density at radius 3 is 1.73 bits per heavy atom. The number of anilines is 3. The van der Waals surface area contributed by atoms with Crippen LogP contribution in [0.3, 0.4) is 0 Å². The number of para-hydroxylation sites is 2. The van der Waals surface area contributed by atoms with Crippen molar-refractivity contribution in [1.29, 1.82) is 0 Å². The van der Waals surface area contributed by atoms with Gasteiger partial charge in [-0.2, -0.15) is 0 Å². The van der Waals surface area contributed by atoms with E-state index in [1.54, 1.807) is 6.20 Å². The molecule has 0 amide bonds. The van der Waals surface area contributed by atoms with E-state index in [0.29, 0.717) is 0 Å². The first-order chi connectivity index (χ1) is 12.4. The summed E-state index contributed by atoms with van der Waals surface area (Å²) in [4.78, 5) is 6.62. The van der Waals surface area contributed by atoms with Crippen molar-refractivity contribution in [2.24, 2.45) is 0 Å². The molecule has 3 aromatic carbocycles. The van der Waals surface area contributed by atoms with Crippen LogP contribution in [-0.2, 0) is 20.4 Å². The number of pyridine rings is 1. The van der Waals surface area contributed by atoms with Crippen molar-refractivity contribution in [3.05, 3.63) is 109 Å². The summed E-state index contributed by atoms with van der Waals surface area (Å²) in [7, 11) is 0. The van der Waals surface area contributed by atoms with Crippen LogP contribution in [0.5, 0.6) is 0 Å². The molecular weight excluding hydrogens is 490 g/mol. The Bertz CT molecular complexity index is 885. The van der Waals surface area contributed by atoms with Crippen LogP contribution >= 0.6 is 0 Å². The summed E-state index contributed by atoms with van der Waals surface area (Å²) in [6.45, 7) is 0. The number of benzene rings is 3. The molecule has 0 bridgehead atoms. The van der Waals surface area contributed by atoms with E-state index in [-0.39, 0.29) is 20.4 Å². The molecule has 1 heterocycles. The van der Waals surface area contributed by atoms with Gasteiger partial charge in [-0.1, -0.05) is 48.5 Å². The van der Waals surface area contributed by atoms with Crippen LogP contribution < -0.4 is 4.90 Å². The number of hydrogen-bond acceptors (Lipinski definition) is 2. The summed E-state index contributed by atoms with van der Waals surface area (Å²) in [6.07, 6.45) is 1.80. The van der Waals surface area contributed by atoms with Gasteiger partial charge in [0.15, 0.2) is 0 Å². The third-order valence-corrected chi connectivity index (χ3v) is 4.02. The number of nitrogens with zero attached hydrogens (tertiary/aromatic N) is 2. The summed E-state index contributed by atoms with van der Waals surface area (Å²) in [5.74, 6) is 0. The Labute approximate surface area is 167 Å². The van der Waals surface area contributed by atoms with Crippen molar-refractivity contribution in [3.8, 4) is 11.3 Å². The standard InChI is InChI=1S/C23H17N2.Re/c1-3-9-20(10-4-1)25(21-11-5-2-6-12-21)22-16-14-19(15-17-22)23-13-7-8-18-24-23;/h1-14,16-18H;/q-1;. The number of rotatable bonds is 4. The molecule has 0 aliphatic carbocycles. The van der Waals surface area contributed by atoms with Crippen LogP contribution in [-0.4, -0.2) is 4.98 Å². The topological polar surface area (TPSA) is 16.1 Å². The van der Waals surface area contributed by atoms with Gasteiger partial charge in [-0.3, -0.25) is 0 Å². The van der Waals surface area contributed by atoms with Crippen molar-refractivity contribution < 1.29 is 20.4 Å². The van der Waals surface area contributed by atoms with E-state index < -0.39 is 0 Å². The van der Waals surface area contributed by atoms with Gasteiger partial charge in [-0.25, -0.2) is 0 Å². The van der Waals surface area contributed by atoms with Gasteiger partial charge in [0, 0.05) is 38.0 Å². The third kappa shape index (κ3) is 3.91. The SMILES string of the molecule is [Re].[c-]1cc(N(c2ccccc2)c2ccccc2)ccc1-c1ccccn1. The first kappa shape index (κ1) is 18.1. The monoisotopic (exact) mass is 508 g/mol. The maximum absolute atomic E-state index is 4.39. The number of hydrogen-bond donors (Lipinski definition) is 0. The molecule has 0 aliphatic heterocycles. The van der Waals surface area contributed by atoms with E-state index in [1.807, 2.05) is 36.4 Å². The summed E-state index contributed by atoms with van der Waals surface area (Å²) >= 11 is 0. The molecule has 26 heavy (non-hydrogen) atoms. The van der Waals surface area contributed by atoms with E-state index in [0.717, 1.165) is 28.3 Å². The summed E-state index contributed by atoms with van der Waals surface area (Å²) < 4.78 is 0. The molecular formula is C23H17N2Re-. The Morgan fingerprint density at radius 1 is 0.615 bits per heavy atom. The molecule has 0 aliphatic rings. The van der Waals surface area contributed by atoms with Crippen LogP contribution in [0.2, 0.25) is 0 Å². The first-order valence-electron chi connectivity index (χ1n) is 8.25. The minimum absolute atomic E-state index is 0. The predicted octanol–water partition coefficient (Wildman–Crippen LogP) is 6.02. The first-order valence-corrected chi connectivity index (χ1v) is 8.25. The zero-order valence-corrected chi connectivity index (χ0v) is 16.8. The summed E-state index contributed by atoms with van der Waals surface area (Å²) in [6, 6.07) is 36.2. The molecule has 2 nitrogen and oxygen atoms in total. The molecule has 0 saturated heterocycles. The third-order valence-electron chi connectivity index (χ3n) is 4.02. The van der Waals surface area contributed by atoms with E-state index in [2.05, 4.69) is 76.6 Å². The van der Waals surface area contributed by atoms with Gasteiger partial charge in [-0.05, 0) is 41.7 Å². The van der Waals surface area contributed by atoms with E-state index in [9.17, 15) is 0 Å². The second-order valence-corrected chi connectivity index (χ2v) is 5.68. The van der Waals surface area contributed by atoms with Crippen LogP contribution in [0.1, 0.15) is 0 Å². The predicted molar refractivity (Wildman–Crippen MR) is 103 cm³/mol. The Kier molecular flexibility index (Phi) is 5.97. The van der Waals surface area contributed by atoms with Crippen molar-refractivity contribution in [2.75, 3.05) is 4.90 Å². The average molecular weight is 508 g/mol. The van der Waals surface area contributed by atoms with E-state index in [4.69, 9.17) is 0 Å². The molecule has 4 aromatic rings. The Balaban J connectivity index is 0.00000196. The summed E-state index contributed by atoms with van der Waals surface area (Å²) in [5.41, 5.74) is 5.22. The molecule has 4 rings (SSSR count). The minimum atomic E-state index is 0. The zero-order chi connectivity index (χ0) is 16.9. The molecule has 0 atom stereocenters. The van der Waals surface area contributed by atoms with Crippen LogP contribution in [0.4, 0.5) is 17.1 Å². The van der Waals surface area contributed by atoms with Gasteiger partial charge in [0.2, 0.25) is 0 Å². The van der Waals surface area contributed by atoms with Gasteiger partial charge in [-0.15, -0.1) is 29.8 Å². The van der Waals surface area contributed by atoms with Crippen LogP contribution in [0, 0.1) is 6.07 Å². The van der Waals surface area contributed by atoms with Crippen molar-refractivity contribution in [1.82, 2.24) is 4.98 Å². The van der Waals surface area contributed by atoms with Gasteiger partial charge >= 0.3 is 0 Å². The quantitative estimate of drug-likeness (QED) is 0.314. The average Bonchev–Trinajstić information content (AvgIpc) is 2.71.